The third-order valence-corrected chi connectivity index (χ3v) is 4.18. The lowest BCUT2D eigenvalue weighted by molar-refractivity contribution is 0.602. The standard InChI is InChI=1S/C12H13NO2S2/c1-17(14,15)12-4-2-3-11(7-12)13-8-10-5-6-16-9-10/h2-7,9,13H,8H2,1H3. The average molecular weight is 267 g/mol. The van der Waals surface area contributed by atoms with Gasteiger partial charge in [0.25, 0.3) is 0 Å². The van der Waals surface area contributed by atoms with Gasteiger partial charge in [0.05, 0.1) is 4.90 Å². The largest absolute Gasteiger partial charge is 0.381 e. The first kappa shape index (κ1) is 12.1. The molecule has 0 saturated heterocycles. The van der Waals surface area contributed by atoms with E-state index in [1.165, 1.54) is 11.8 Å². The monoisotopic (exact) mass is 267 g/mol. The maximum atomic E-state index is 11.4. The van der Waals surface area contributed by atoms with Gasteiger partial charge < -0.3 is 5.32 Å². The van der Waals surface area contributed by atoms with Gasteiger partial charge in [-0.1, -0.05) is 6.07 Å². The van der Waals surface area contributed by atoms with E-state index in [4.69, 9.17) is 0 Å². The van der Waals surface area contributed by atoms with E-state index in [9.17, 15) is 8.42 Å². The summed E-state index contributed by atoms with van der Waals surface area (Å²) in [5.74, 6) is 0. The van der Waals surface area contributed by atoms with E-state index in [-0.39, 0.29) is 0 Å². The minimum absolute atomic E-state index is 0.341. The highest BCUT2D eigenvalue weighted by molar-refractivity contribution is 7.90. The van der Waals surface area contributed by atoms with Crippen LogP contribution in [0.4, 0.5) is 5.69 Å². The number of benzene rings is 1. The summed E-state index contributed by atoms with van der Waals surface area (Å²) in [6, 6.07) is 8.90. The summed E-state index contributed by atoms with van der Waals surface area (Å²) < 4.78 is 22.8. The molecule has 1 aromatic heterocycles. The van der Waals surface area contributed by atoms with Crippen LogP contribution < -0.4 is 5.32 Å². The van der Waals surface area contributed by atoms with Crippen molar-refractivity contribution in [2.24, 2.45) is 0 Å². The molecular formula is C12H13NO2S2. The summed E-state index contributed by atoms with van der Waals surface area (Å²) in [5, 5.41) is 7.28. The average Bonchev–Trinajstić information content (AvgIpc) is 2.78. The van der Waals surface area contributed by atoms with E-state index >= 15 is 0 Å². The van der Waals surface area contributed by atoms with Gasteiger partial charge in [-0.05, 0) is 40.6 Å². The lowest BCUT2D eigenvalue weighted by Gasteiger charge is -2.06. The maximum Gasteiger partial charge on any atom is 0.175 e. The van der Waals surface area contributed by atoms with Gasteiger partial charge in [0.15, 0.2) is 9.84 Å². The number of sulfone groups is 1. The second kappa shape index (κ2) is 4.89. The molecule has 0 amide bonds. The highest BCUT2D eigenvalue weighted by Gasteiger charge is 2.06. The summed E-state index contributed by atoms with van der Waals surface area (Å²) in [6.45, 7) is 0.705. The molecule has 0 fully saturated rings. The Hall–Kier alpha value is -1.33. The first-order valence-electron chi connectivity index (χ1n) is 5.11. The number of nitrogens with one attached hydrogen (secondary N) is 1. The Morgan fingerprint density at radius 2 is 2.12 bits per heavy atom. The lowest BCUT2D eigenvalue weighted by atomic mass is 10.3. The maximum absolute atomic E-state index is 11.4. The topological polar surface area (TPSA) is 46.2 Å². The van der Waals surface area contributed by atoms with Gasteiger partial charge in [0, 0.05) is 18.5 Å². The Kier molecular flexibility index (Phi) is 3.49. The van der Waals surface area contributed by atoms with Crippen molar-refractivity contribution in [3.63, 3.8) is 0 Å². The van der Waals surface area contributed by atoms with Crippen LogP contribution in [-0.2, 0) is 16.4 Å². The van der Waals surface area contributed by atoms with Gasteiger partial charge in [-0.25, -0.2) is 8.42 Å². The molecule has 5 heteroatoms. The predicted octanol–water partition coefficient (Wildman–Crippen LogP) is 2.76. The molecule has 0 spiro atoms. The minimum Gasteiger partial charge on any atom is -0.381 e. The zero-order valence-electron chi connectivity index (χ0n) is 9.38. The zero-order chi connectivity index (χ0) is 12.3. The SMILES string of the molecule is CS(=O)(=O)c1cccc(NCc2ccsc2)c1. The lowest BCUT2D eigenvalue weighted by Crippen LogP contribution is -2.01. The van der Waals surface area contributed by atoms with Crippen LogP contribution in [0.3, 0.4) is 0 Å². The van der Waals surface area contributed by atoms with Crippen LogP contribution in [0.1, 0.15) is 5.56 Å². The molecule has 2 aromatic rings. The van der Waals surface area contributed by atoms with Crippen molar-refractivity contribution in [1.82, 2.24) is 0 Å². The van der Waals surface area contributed by atoms with Gasteiger partial charge in [-0.3, -0.25) is 0 Å². The fraction of sp³-hybridized carbons (Fsp3) is 0.167. The second-order valence-electron chi connectivity index (χ2n) is 3.79. The molecule has 3 nitrogen and oxygen atoms in total. The first-order valence-corrected chi connectivity index (χ1v) is 7.94. The highest BCUT2D eigenvalue weighted by Crippen LogP contribution is 2.16. The predicted molar refractivity (Wildman–Crippen MR) is 71.2 cm³/mol. The Balaban J connectivity index is 2.12. The van der Waals surface area contributed by atoms with Crippen molar-refractivity contribution in [3.8, 4) is 0 Å². The number of anilines is 1. The summed E-state index contributed by atoms with van der Waals surface area (Å²) in [7, 11) is -3.14. The normalized spacial score (nSPS) is 11.4. The van der Waals surface area contributed by atoms with E-state index < -0.39 is 9.84 Å². The molecule has 2 rings (SSSR count). The van der Waals surface area contributed by atoms with Crippen LogP contribution in [0.25, 0.3) is 0 Å². The zero-order valence-corrected chi connectivity index (χ0v) is 11.0. The third kappa shape index (κ3) is 3.31. The molecule has 0 aliphatic rings. The van der Waals surface area contributed by atoms with Gasteiger partial charge in [-0.2, -0.15) is 11.3 Å². The van der Waals surface area contributed by atoms with E-state index in [1.807, 2.05) is 17.5 Å². The molecule has 0 bridgehead atoms. The molecule has 0 aliphatic carbocycles. The molecule has 0 atom stereocenters. The second-order valence-corrected chi connectivity index (χ2v) is 6.58. The fourth-order valence-electron chi connectivity index (χ4n) is 1.43. The number of rotatable bonds is 4. The molecule has 0 unspecified atom stereocenters. The summed E-state index contributed by atoms with van der Waals surface area (Å²) >= 11 is 1.65. The van der Waals surface area contributed by atoms with Gasteiger partial charge in [0.1, 0.15) is 0 Å². The van der Waals surface area contributed by atoms with Crippen LogP contribution in [-0.4, -0.2) is 14.7 Å². The molecule has 17 heavy (non-hydrogen) atoms. The third-order valence-electron chi connectivity index (χ3n) is 2.34. The van der Waals surface area contributed by atoms with Gasteiger partial charge >= 0.3 is 0 Å². The van der Waals surface area contributed by atoms with Crippen LogP contribution in [0.2, 0.25) is 0 Å². The molecule has 1 N–H and O–H groups in total. The Labute approximate surface area is 105 Å². The molecule has 0 radical (unpaired) electrons. The quantitative estimate of drug-likeness (QED) is 0.926. The highest BCUT2D eigenvalue weighted by atomic mass is 32.2. The smallest absolute Gasteiger partial charge is 0.175 e. The molecule has 0 saturated carbocycles. The van der Waals surface area contributed by atoms with Crippen LogP contribution in [0.15, 0.2) is 46.0 Å². The summed E-state index contributed by atoms with van der Waals surface area (Å²) in [5.41, 5.74) is 2.01. The van der Waals surface area contributed by atoms with Crippen molar-refractivity contribution in [3.05, 3.63) is 46.7 Å². The van der Waals surface area contributed by atoms with E-state index in [2.05, 4.69) is 10.7 Å². The fourth-order valence-corrected chi connectivity index (χ4v) is 2.77. The van der Waals surface area contributed by atoms with Crippen molar-refractivity contribution in [1.29, 1.82) is 0 Å². The van der Waals surface area contributed by atoms with Crippen molar-refractivity contribution in [2.45, 2.75) is 11.4 Å². The van der Waals surface area contributed by atoms with E-state index in [0.717, 1.165) is 5.69 Å². The Morgan fingerprint density at radius 1 is 1.29 bits per heavy atom. The van der Waals surface area contributed by atoms with Crippen LogP contribution >= 0.6 is 11.3 Å². The number of thiophene rings is 1. The minimum atomic E-state index is -3.14. The van der Waals surface area contributed by atoms with E-state index in [1.54, 1.807) is 29.5 Å². The van der Waals surface area contributed by atoms with E-state index in [0.29, 0.717) is 11.4 Å². The van der Waals surface area contributed by atoms with Crippen molar-refractivity contribution in [2.75, 3.05) is 11.6 Å². The summed E-state index contributed by atoms with van der Waals surface area (Å²) in [6.07, 6.45) is 1.21. The molecule has 90 valence electrons. The van der Waals surface area contributed by atoms with Crippen molar-refractivity contribution >= 4 is 26.9 Å². The van der Waals surface area contributed by atoms with Crippen LogP contribution in [0, 0.1) is 0 Å². The van der Waals surface area contributed by atoms with Gasteiger partial charge in [-0.15, -0.1) is 0 Å². The summed E-state index contributed by atoms with van der Waals surface area (Å²) in [4.78, 5) is 0.341. The molecule has 1 heterocycles. The van der Waals surface area contributed by atoms with Crippen LogP contribution in [0.5, 0.6) is 0 Å². The van der Waals surface area contributed by atoms with Crippen molar-refractivity contribution < 1.29 is 8.42 Å². The van der Waals surface area contributed by atoms with Gasteiger partial charge in [0.2, 0.25) is 0 Å². The number of hydrogen-bond donors (Lipinski definition) is 1. The molecule has 1 aromatic carbocycles. The molecule has 0 aliphatic heterocycles. The first-order chi connectivity index (χ1) is 8.05. The Bertz CT molecular complexity index is 589. The molecular weight excluding hydrogens is 254 g/mol. The Morgan fingerprint density at radius 3 is 2.76 bits per heavy atom. The number of hydrogen-bond acceptors (Lipinski definition) is 4.